The van der Waals surface area contributed by atoms with Gasteiger partial charge in [-0.3, -0.25) is 0 Å². The molecule has 0 aromatic rings. The van der Waals surface area contributed by atoms with Crippen LogP contribution in [0.15, 0.2) is 12.7 Å². The average Bonchev–Trinajstić information content (AvgIpc) is 2.16. The maximum Gasteiger partial charge on any atom is -0.0353 e. The quantitative estimate of drug-likeness (QED) is 0.351. The first kappa shape index (κ1) is 13.7. The van der Waals surface area contributed by atoms with Crippen LogP contribution in [0.3, 0.4) is 0 Å². The molecule has 0 aliphatic carbocycles. The fourth-order valence-electron chi connectivity index (χ4n) is 1.96. The average molecular weight is 196 g/mol. The van der Waals surface area contributed by atoms with Gasteiger partial charge in [0.15, 0.2) is 0 Å². The molecule has 0 spiro atoms. The molecule has 0 fully saturated rings. The molecule has 0 heteroatoms. The van der Waals surface area contributed by atoms with Crippen LogP contribution in [-0.2, 0) is 0 Å². The van der Waals surface area contributed by atoms with Crippen LogP contribution in [-0.4, -0.2) is 0 Å². The molecule has 2 atom stereocenters. The Morgan fingerprint density at radius 2 is 1.57 bits per heavy atom. The minimum Gasteiger partial charge on any atom is -0.103 e. The Morgan fingerprint density at radius 3 is 2.07 bits per heavy atom. The Kier molecular flexibility index (Phi) is 9.13. The molecule has 0 aliphatic heterocycles. The Bertz CT molecular complexity index is 126. The number of rotatable bonds is 9. The van der Waals surface area contributed by atoms with E-state index in [0.29, 0.717) is 0 Å². The first-order valence-electron chi connectivity index (χ1n) is 6.31. The Balaban J connectivity index is 3.33. The molecule has 14 heavy (non-hydrogen) atoms. The van der Waals surface area contributed by atoms with E-state index >= 15 is 0 Å². The summed E-state index contributed by atoms with van der Waals surface area (Å²) >= 11 is 0. The molecular formula is C14H28. The van der Waals surface area contributed by atoms with Crippen LogP contribution in [0.25, 0.3) is 0 Å². The standard InChI is InChI=1S/C14H28/c1-5-7-8-10-14(4)12-11-13(3)9-6-2/h5,13-14H,1,6-12H2,2-4H3. The predicted molar refractivity (Wildman–Crippen MR) is 66.5 cm³/mol. The maximum absolute atomic E-state index is 3.76. The van der Waals surface area contributed by atoms with Gasteiger partial charge in [-0.15, -0.1) is 6.58 Å². The van der Waals surface area contributed by atoms with Crippen molar-refractivity contribution in [1.29, 1.82) is 0 Å². The van der Waals surface area contributed by atoms with Gasteiger partial charge in [-0.05, 0) is 24.7 Å². The molecule has 0 aromatic carbocycles. The third-order valence-corrected chi connectivity index (χ3v) is 3.04. The fraction of sp³-hybridized carbons (Fsp3) is 0.857. The van der Waals surface area contributed by atoms with E-state index in [1.165, 1.54) is 44.9 Å². The molecule has 0 nitrogen and oxygen atoms in total. The van der Waals surface area contributed by atoms with Gasteiger partial charge in [0.25, 0.3) is 0 Å². The van der Waals surface area contributed by atoms with E-state index in [1.54, 1.807) is 0 Å². The van der Waals surface area contributed by atoms with Gasteiger partial charge in [-0.2, -0.15) is 0 Å². The van der Waals surface area contributed by atoms with E-state index in [0.717, 1.165) is 11.8 Å². The molecule has 0 rings (SSSR count). The van der Waals surface area contributed by atoms with Crippen LogP contribution in [0.2, 0.25) is 0 Å². The topological polar surface area (TPSA) is 0 Å². The number of hydrogen-bond acceptors (Lipinski definition) is 0. The predicted octanol–water partition coefficient (Wildman–Crippen LogP) is 5.20. The molecule has 0 aliphatic rings. The summed E-state index contributed by atoms with van der Waals surface area (Å²) in [6.07, 6.45) is 11.5. The first-order chi connectivity index (χ1) is 6.70. The van der Waals surface area contributed by atoms with Crippen LogP contribution in [0.1, 0.15) is 65.7 Å². The van der Waals surface area contributed by atoms with E-state index in [9.17, 15) is 0 Å². The second kappa shape index (κ2) is 9.30. The third kappa shape index (κ3) is 8.34. The molecule has 0 aromatic heterocycles. The van der Waals surface area contributed by atoms with Crippen molar-refractivity contribution in [2.75, 3.05) is 0 Å². The largest absolute Gasteiger partial charge is 0.103 e. The summed E-state index contributed by atoms with van der Waals surface area (Å²) in [6, 6.07) is 0. The number of unbranched alkanes of at least 4 members (excludes halogenated alkanes) is 1. The van der Waals surface area contributed by atoms with E-state index in [2.05, 4.69) is 27.4 Å². The zero-order valence-corrected chi connectivity index (χ0v) is 10.4. The van der Waals surface area contributed by atoms with E-state index < -0.39 is 0 Å². The van der Waals surface area contributed by atoms with Crippen molar-refractivity contribution < 1.29 is 0 Å². The molecule has 0 saturated carbocycles. The molecule has 0 radical (unpaired) electrons. The SMILES string of the molecule is C=CCCCC(C)CCC(C)CCC. The highest BCUT2D eigenvalue weighted by molar-refractivity contribution is 4.67. The monoisotopic (exact) mass is 196 g/mol. The van der Waals surface area contributed by atoms with Crippen LogP contribution < -0.4 is 0 Å². The zero-order chi connectivity index (χ0) is 10.8. The van der Waals surface area contributed by atoms with Gasteiger partial charge in [0.05, 0.1) is 0 Å². The van der Waals surface area contributed by atoms with Gasteiger partial charge in [0.1, 0.15) is 0 Å². The van der Waals surface area contributed by atoms with Gasteiger partial charge < -0.3 is 0 Å². The fourth-order valence-corrected chi connectivity index (χ4v) is 1.96. The van der Waals surface area contributed by atoms with Crippen molar-refractivity contribution in [2.45, 2.75) is 65.7 Å². The summed E-state index contributed by atoms with van der Waals surface area (Å²) in [5.41, 5.74) is 0. The van der Waals surface area contributed by atoms with Crippen LogP contribution >= 0.6 is 0 Å². The summed E-state index contributed by atoms with van der Waals surface area (Å²) in [4.78, 5) is 0. The summed E-state index contributed by atoms with van der Waals surface area (Å²) < 4.78 is 0. The molecule has 0 amide bonds. The van der Waals surface area contributed by atoms with Crippen LogP contribution in [0, 0.1) is 11.8 Å². The van der Waals surface area contributed by atoms with Crippen molar-refractivity contribution in [2.24, 2.45) is 11.8 Å². The van der Waals surface area contributed by atoms with Crippen molar-refractivity contribution >= 4 is 0 Å². The third-order valence-electron chi connectivity index (χ3n) is 3.04. The normalized spacial score (nSPS) is 15.1. The molecule has 0 bridgehead atoms. The minimum absolute atomic E-state index is 0.911. The van der Waals surface area contributed by atoms with Gasteiger partial charge in [-0.25, -0.2) is 0 Å². The molecule has 0 heterocycles. The molecule has 0 saturated heterocycles. The maximum atomic E-state index is 3.76. The van der Waals surface area contributed by atoms with Crippen molar-refractivity contribution in [3.05, 3.63) is 12.7 Å². The summed E-state index contributed by atoms with van der Waals surface area (Å²) in [5.74, 6) is 1.84. The van der Waals surface area contributed by atoms with Crippen molar-refractivity contribution in [1.82, 2.24) is 0 Å². The lowest BCUT2D eigenvalue weighted by Crippen LogP contribution is -2.00. The van der Waals surface area contributed by atoms with E-state index in [-0.39, 0.29) is 0 Å². The van der Waals surface area contributed by atoms with Gasteiger partial charge >= 0.3 is 0 Å². The number of hydrogen-bond donors (Lipinski definition) is 0. The molecular weight excluding hydrogens is 168 g/mol. The number of allylic oxidation sites excluding steroid dienone is 1. The summed E-state index contributed by atoms with van der Waals surface area (Å²) in [5, 5.41) is 0. The highest BCUT2D eigenvalue weighted by atomic mass is 14.1. The second-order valence-corrected chi connectivity index (χ2v) is 4.80. The van der Waals surface area contributed by atoms with Crippen molar-refractivity contribution in [3.63, 3.8) is 0 Å². The van der Waals surface area contributed by atoms with Gasteiger partial charge in [0.2, 0.25) is 0 Å². The first-order valence-corrected chi connectivity index (χ1v) is 6.31. The lowest BCUT2D eigenvalue weighted by Gasteiger charge is -2.14. The van der Waals surface area contributed by atoms with Gasteiger partial charge in [-0.1, -0.05) is 59.0 Å². The highest BCUT2D eigenvalue weighted by Crippen LogP contribution is 2.20. The molecule has 0 N–H and O–H groups in total. The Morgan fingerprint density at radius 1 is 1.00 bits per heavy atom. The van der Waals surface area contributed by atoms with Gasteiger partial charge in [0, 0.05) is 0 Å². The zero-order valence-electron chi connectivity index (χ0n) is 10.4. The lowest BCUT2D eigenvalue weighted by atomic mass is 9.92. The minimum atomic E-state index is 0.911. The molecule has 2 unspecified atom stereocenters. The van der Waals surface area contributed by atoms with Crippen LogP contribution in [0.4, 0.5) is 0 Å². The smallest absolute Gasteiger partial charge is 0.0353 e. The van der Waals surface area contributed by atoms with Crippen molar-refractivity contribution in [3.8, 4) is 0 Å². The van der Waals surface area contributed by atoms with E-state index in [1.807, 2.05) is 6.08 Å². The highest BCUT2D eigenvalue weighted by Gasteiger charge is 2.05. The van der Waals surface area contributed by atoms with Crippen LogP contribution in [0.5, 0.6) is 0 Å². The van der Waals surface area contributed by atoms with E-state index in [4.69, 9.17) is 0 Å². The Labute approximate surface area is 90.8 Å². The summed E-state index contributed by atoms with van der Waals surface area (Å²) in [6.45, 7) is 10.8. The second-order valence-electron chi connectivity index (χ2n) is 4.80. The lowest BCUT2D eigenvalue weighted by molar-refractivity contribution is 0.390. The summed E-state index contributed by atoms with van der Waals surface area (Å²) in [7, 11) is 0. The Hall–Kier alpha value is -0.260. The molecule has 84 valence electrons.